The van der Waals surface area contributed by atoms with Gasteiger partial charge in [-0.15, -0.1) is 0 Å². The van der Waals surface area contributed by atoms with Crippen LogP contribution in [0.5, 0.6) is 0 Å². The Kier molecular flexibility index (Phi) is 6.98. The lowest BCUT2D eigenvalue weighted by Gasteiger charge is -2.42. The Balaban J connectivity index is 2.92. The van der Waals surface area contributed by atoms with Crippen LogP contribution in [0.1, 0.15) is 20.3 Å². The van der Waals surface area contributed by atoms with E-state index in [1.54, 1.807) is 13.8 Å². The average Bonchev–Trinajstić information content (AvgIpc) is 2.42. The van der Waals surface area contributed by atoms with E-state index >= 15 is 0 Å². The van der Waals surface area contributed by atoms with E-state index in [0.29, 0.717) is 0 Å². The zero-order valence-electron chi connectivity index (χ0n) is 12.1. The van der Waals surface area contributed by atoms with E-state index in [1.165, 1.54) is 0 Å². The molecule has 1 rings (SSSR count). The van der Waals surface area contributed by atoms with Crippen LogP contribution >= 0.6 is 0 Å². The lowest BCUT2D eigenvalue weighted by atomic mass is 9.86. The van der Waals surface area contributed by atoms with Crippen LogP contribution in [0, 0.1) is 5.92 Å². The van der Waals surface area contributed by atoms with Crippen molar-refractivity contribution >= 4 is 5.97 Å². The fourth-order valence-corrected chi connectivity index (χ4v) is 2.34. The highest BCUT2D eigenvalue weighted by Gasteiger charge is 2.48. The molecule has 5 N–H and O–H groups in total. The molecule has 0 saturated carbocycles. The molecule has 0 amide bonds. The van der Waals surface area contributed by atoms with Crippen LogP contribution in [0.25, 0.3) is 0 Å². The first kappa shape index (κ1) is 18.3. The minimum Gasteiger partial charge on any atom is -0.463 e. The van der Waals surface area contributed by atoms with Crippen LogP contribution in [0.2, 0.25) is 0 Å². The van der Waals surface area contributed by atoms with Crippen molar-refractivity contribution < 1.29 is 39.8 Å². The van der Waals surface area contributed by atoms with Crippen LogP contribution in [-0.2, 0) is 14.3 Å². The number of carbonyl (C=O) groups excluding carboxylic acids is 1. The summed E-state index contributed by atoms with van der Waals surface area (Å²) >= 11 is 0. The molecule has 124 valence electrons. The zero-order chi connectivity index (χ0) is 16.2. The molecule has 2 unspecified atom stereocenters. The minimum atomic E-state index is -1.56. The molecular formula is C13H24O8. The molecule has 0 aromatic rings. The Morgan fingerprint density at radius 1 is 1.14 bits per heavy atom. The Morgan fingerprint density at radius 3 is 2.24 bits per heavy atom. The third-order valence-electron chi connectivity index (χ3n) is 3.42. The van der Waals surface area contributed by atoms with Gasteiger partial charge in [-0.2, -0.15) is 0 Å². The molecule has 6 atom stereocenters. The summed E-state index contributed by atoms with van der Waals surface area (Å²) in [4.78, 5) is 12.0. The largest absolute Gasteiger partial charge is 0.463 e. The first-order chi connectivity index (χ1) is 9.83. The van der Waals surface area contributed by atoms with Gasteiger partial charge in [0.05, 0.1) is 18.6 Å². The number of hydrogen-bond donors (Lipinski definition) is 5. The fraction of sp³-hybridized carbons (Fsp3) is 0.923. The molecule has 0 aromatic carbocycles. The lowest BCUT2D eigenvalue weighted by Crippen LogP contribution is -2.61. The van der Waals surface area contributed by atoms with Gasteiger partial charge in [0, 0.05) is 6.61 Å². The molecule has 0 spiro atoms. The van der Waals surface area contributed by atoms with Crippen molar-refractivity contribution in [3.05, 3.63) is 0 Å². The standard InChI is InChI=1S/C13H24O8/c1-6(2)20-13(19)7(3-4-14)12-11(18)10(17)9(16)8(5-15)21-12/h6-12,14-18H,3-5H2,1-2H3/t7?,8-,9-,10+,11+,12?/m1/s1. The summed E-state index contributed by atoms with van der Waals surface area (Å²) in [5.74, 6) is -1.69. The van der Waals surface area contributed by atoms with Gasteiger partial charge in [-0.25, -0.2) is 0 Å². The molecule has 0 radical (unpaired) electrons. The van der Waals surface area contributed by atoms with Crippen molar-refractivity contribution in [2.75, 3.05) is 13.2 Å². The molecule has 8 nitrogen and oxygen atoms in total. The van der Waals surface area contributed by atoms with Gasteiger partial charge in [0.15, 0.2) is 0 Å². The Bertz CT molecular complexity index is 332. The Labute approximate surface area is 122 Å². The van der Waals surface area contributed by atoms with Crippen molar-refractivity contribution in [2.24, 2.45) is 5.92 Å². The molecule has 1 fully saturated rings. The summed E-state index contributed by atoms with van der Waals surface area (Å²) in [6, 6.07) is 0. The number of ether oxygens (including phenoxy) is 2. The van der Waals surface area contributed by atoms with Crippen molar-refractivity contribution in [1.29, 1.82) is 0 Å². The van der Waals surface area contributed by atoms with Crippen molar-refractivity contribution in [1.82, 2.24) is 0 Å². The third kappa shape index (κ3) is 4.35. The Morgan fingerprint density at radius 2 is 1.76 bits per heavy atom. The molecule has 1 aliphatic heterocycles. The number of hydrogen-bond acceptors (Lipinski definition) is 8. The monoisotopic (exact) mass is 308 g/mol. The summed E-state index contributed by atoms with van der Waals surface area (Å²) in [7, 11) is 0. The molecular weight excluding hydrogens is 284 g/mol. The number of esters is 1. The summed E-state index contributed by atoms with van der Waals surface area (Å²) in [6.07, 6.45) is -7.28. The van der Waals surface area contributed by atoms with Gasteiger partial charge in [-0.05, 0) is 20.3 Å². The van der Waals surface area contributed by atoms with Crippen LogP contribution in [0.3, 0.4) is 0 Å². The third-order valence-corrected chi connectivity index (χ3v) is 3.42. The van der Waals surface area contributed by atoms with E-state index in [2.05, 4.69) is 0 Å². The highest BCUT2D eigenvalue weighted by atomic mass is 16.6. The van der Waals surface area contributed by atoms with E-state index in [4.69, 9.17) is 19.7 Å². The second-order valence-corrected chi connectivity index (χ2v) is 5.40. The summed E-state index contributed by atoms with van der Waals surface area (Å²) in [5.41, 5.74) is 0. The Hall–Kier alpha value is -0.770. The molecule has 0 aromatic heterocycles. The SMILES string of the molecule is CC(C)OC(=O)C(CCO)C1O[C@H](CO)[C@@H](O)[C@H](O)[C@@H]1O. The number of aliphatic hydroxyl groups is 5. The van der Waals surface area contributed by atoms with E-state index in [9.17, 15) is 20.1 Å². The normalized spacial score (nSPS) is 34.8. The fourth-order valence-electron chi connectivity index (χ4n) is 2.34. The van der Waals surface area contributed by atoms with Gasteiger partial charge in [-0.3, -0.25) is 4.79 Å². The maximum atomic E-state index is 12.0. The highest BCUT2D eigenvalue weighted by molar-refractivity contribution is 5.73. The molecule has 21 heavy (non-hydrogen) atoms. The molecule has 1 saturated heterocycles. The van der Waals surface area contributed by atoms with Gasteiger partial charge in [0.25, 0.3) is 0 Å². The summed E-state index contributed by atoms with van der Waals surface area (Å²) in [6.45, 7) is 2.39. The van der Waals surface area contributed by atoms with E-state index in [-0.39, 0.29) is 19.1 Å². The topological polar surface area (TPSA) is 137 Å². The van der Waals surface area contributed by atoms with Gasteiger partial charge < -0.3 is 35.0 Å². The molecule has 1 aliphatic rings. The zero-order valence-corrected chi connectivity index (χ0v) is 12.1. The molecule has 1 heterocycles. The van der Waals surface area contributed by atoms with Crippen LogP contribution in [-0.4, -0.2) is 81.3 Å². The van der Waals surface area contributed by atoms with E-state index < -0.39 is 49.0 Å². The van der Waals surface area contributed by atoms with E-state index in [1.807, 2.05) is 0 Å². The van der Waals surface area contributed by atoms with Gasteiger partial charge >= 0.3 is 5.97 Å². The second-order valence-electron chi connectivity index (χ2n) is 5.40. The van der Waals surface area contributed by atoms with Gasteiger partial charge in [-0.1, -0.05) is 0 Å². The first-order valence-electron chi connectivity index (χ1n) is 6.95. The first-order valence-corrected chi connectivity index (χ1v) is 6.95. The second kappa shape index (κ2) is 8.02. The quantitative estimate of drug-likeness (QED) is 0.348. The lowest BCUT2D eigenvalue weighted by molar-refractivity contribution is -0.244. The predicted octanol–water partition coefficient (Wildman–Crippen LogP) is -2.22. The smallest absolute Gasteiger partial charge is 0.312 e. The summed E-state index contributed by atoms with van der Waals surface area (Å²) < 4.78 is 10.4. The molecule has 0 bridgehead atoms. The van der Waals surface area contributed by atoms with Crippen LogP contribution in [0.15, 0.2) is 0 Å². The summed E-state index contributed by atoms with van der Waals surface area (Å²) in [5, 5.41) is 47.7. The number of rotatable bonds is 6. The highest BCUT2D eigenvalue weighted by Crippen LogP contribution is 2.28. The van der Waals surface area contributed by atoms with Crippen LogP contribution < -0.4 is 0 Å². The molecule has 8 heteroatoms. The number of aliphatic hydroxyl groups excluding tert-OH is 5. The van der Waals surface area contributed by atoms with Crippen LogP contribution in [0.4, 0.5) is 0 Å². The van der Waals surface area contributed by atoms with Crippen molar-refractivity contribution in [3.8, 4) is 0 Å². The number of carbonyl (C=O) groups is 1. The van der Waals surface area contributed by atoms with Gasteiger partial charge in [0.1, 0.15) is 30.5 Å². The minimum absolute atomic E-state index is 0.0335. The van der Waals surface area contributed by atoms with Gasteiger partial charge in [0.2, 0.25) is 0 Å². The van der Waals surface area contributed by atoms with E-state index in [0.717, 1.165) is 0 Å². The average molecular weight is 308 g/mol. The molecule has 0 aliphatic carbocycles. The van der Waals surface area contributed by atoms with Crippen molar-refractivity contribution in [2.45, 2.75) is 56.9 Å². The maximum Gasteiger partial charge on any atom is 0.312 e. The predicted molar refractivity (Wildman–Crippen MR) is 70.2 cm³/mol. The van der Waals surface area contributed by atoms with Crippen molar-refractivity contribution in [3.63, 3.8) is 0 Å². The maximum absolute atomic E-state index is 12.0.